The highest BCUT2D eigenvalue weighted by atomic mass is 32.2. The molecule has 1 saturated heterocycles. The Bertz CT molecular complexity index is 210. The maximum absolute atomic E-state index is 10.5. The van der Waals surface area contributed by atoms with Crippen molar-refractivity contribution in [3.8, 4) is 0 Å². The Morgan fingerprint density at radius 2 is 2.15 bits per heavy atom. The van der Waals surface area contributed by atoms with Crippen LogP contribution in [0.5, 0.6) is 0 Å². The van der Waals surface area contributed by atoms with Crippen molar-refractivity contribution in [2.75, 3.05) is 31.1 Å². The SMILES string of the molecule is C/C(=C\CN1CCSCC1)C(=O)O. The summed E-state index contributed by atoms with van der Waals surface area (Å²) in [4.78, 5) is 12.8. The number of hydrogen-bond donors (Lipinski definition) is 1. The second kappa shape index (κ2) is 5.29. The highest BCUT2D eigenvalue weighted by molar-refractivity contribution is 7.99. The molecule has 0 aliphatic carbocycles. The van der Waals surface area contributed by atoms with Gasteiger partial charge in [-0.2, -0.15) is 11.8 Å². The molecular formula is C9H15NO2S. The van der Waals surface area contributed by atoms with Gasteiger partial charge in [0.1, 0.15) is 0 Å². The molecule has 0 aromatic carbocycles. The number of hydrogen-bond acceptors (Lipinski definition) is 3. The summed E-state index contributed by atoms with van der Waals surface area (Å²) in [6.45, 7) is 4.57. The Morgan fingerprint density at radius 3 is 2.69 bits per heavy atom. The number of aliphatic carboxylic acids is 1. The van der Waals surface area contributed by atoms with Crippen LogP contribution in [0.3, 0.4) is 0 Å². The fraction of sp³-hybridized carbons (Fsp3) is 0.667. The molecule has 0 atom stereocenters. The molecule has 1 aliphatic rings. The molecular weight excluding hydrogens is 186 g/mol. The Kier molecular flexibility index (Phi) is 4.32. The second-order valence-electron chi connectivity index (χ2n) is 3.11. The first-order valence-electron chi connectivity index (χ1n) is 4.40. The van der Waals surface area contributed by atoms with Crippen LogP contribution in [-0.2, 0) is 4.79 Å². The summed E-state index contributed by atoms with van der Waals surface area (Å²) in [6, 6.07) is 0. The number of carboxylic acids is 1. The summed E-state index contributed by atoms with van der Waals surface area (Å²) < 4.78 is 0. The van der Waals surface area contributed by atoms with Gasteiger partial charge in [0.25, 0.3) is 0 Å². The zero-order valence-electron chi connectivity index (χ0n) is 7.82. The van der Waals surface area contributed by atoms with E-state index in [2.05, 4.69) is 4.90 Å². The molecule has 0 radical (unpaired) electrons. The first-order chi connectivity index (χ1) is 6.20. The topological polar surface area (TPSA) is 40.5 Å². The maximum atomic E-state index is 10.5. The zero-order valence-corrected chi connectivity index (χ0v) is 8.64. The van der Waals surface area contributed by atoms with Crippen LogP contribution < -0.4 is 0 Å². The van der Waals surface area contributed by atoms with Crippen LogP contribution in [0, 0.1) is 0 Å². The molecule has 0 aromatic heterocycles. The van der Waals surface area contributed by atoms with Crippen molar-refractivity contribution in [1.29, 1.82) is 0 Å². The fourth-order valence-corrected chi connectivity index (χ4v) is 2.12. The van der Waals surface area contributed by atoms with Crippen LogP contribution in [0.1, 0.15) is 6.92 Å². The van der Waals surface area contributed by atoms with Crippen LogP contribution in [0.4, 0.5) is 0 Å². The number of thioether (sulfide) groups is 1. The molecule has 0 bridgehead atoms. The summed E-state index contributed by atoms with van der Waals surface area (Å²) in [7, 11) is 0. The van der Waals surface area contributed by atoms with Crippen molar-refractivity contribution in [3.63, 3.8) is 0 Å². The average Bonchev–Trinajstić information content (AvgIpc) is 2.15. The van der Waals surface area contributed by atoms with E-state index in [0.29, 0.717) is 5.57 Å². The lowest BCUT2D eigenvalue weighted by atomic mass is 10.3. The Morgan fingerprint density at radius 1 is 1.54 bits per heavy atom. The minimum atomic E-state index is -0.814. The van der Waals surface area contributed by atoms with E-state index in [1.165, 1.54) is 11.5 Å². The third kappa shape index (κ3) is 3.83. The number of carbonyl (C=O) groups is 1. The van der Waals surface area contributed by atoms with E-state index < -0.39 is 5.97 Å². The summed E-state index contributed by atoms with van der Waals surface area (Å²) in [5, 5.41) is 8.62. The third-order valence-corrected chi connectivity index (χ3v) is 3.04. The molecule has 0 amide bonds. The van der Waals surface area contributed by atoms with Crippen LogP contribution in [0.25, 0.3) is 0 Å². The van der Waals surface area contributed by atoms with Crippen LogP contribution in [-0.4, -0.2) is 47.1 Å². The standard InChI is InChI=1S/C9H15NO2S/c1-8(9(11)12)2-3-10-4-6-13-7-5-10/h2H,3-7H2,1H3,(H,11,12)/b8-2+. The van der Waals surface area contributed by atoms with Crippen molar-refractivity contribution in [2.45, 2.75) is 6.92 Å². The molecule has 74 valence electrons. The molecule has 13 heavy (non-hydrogen) atoms. The lowest BCUT2D eigenvalue weighted by Crippen LogP contribution is -2.32. The fourth-order valence-electron chi connectivity index (χ4n) is 1.14. The molecule has 1 heterocycles. The van der Waals surface area contributed by atoms with Gasteiger partial charge in [-0.05, 0) is 6.92 Å². The Labute approximate surface area is 82.8 Å². The van der Waals surface area contributed by atoms with Crippen molar-refractivity contribution < 1.29 is 9.90 Å². The molecule has 0 aromatic rings. The normalized spacial score (nSPS) is 20.2. The van der Waals surface area contributed by atoms with Gasteiger partial charge in [0, 0.05) is 36.7 Å². The van der Waals surface area contributed by atoms with E-state index in [-0.39, 0.29) is 0 Å². The predicted molar refractivity (Wildman–Crippen MR) is 55.2 cm³/mol. The molecule has 0 unspecified atom stereocenters. The molecule has 3 nitrogen and oxygen atoms in total. The number of carboxylic acid groups (broad SMARTS) is 1. The monoisotopic (exact) mass is 201 g/mol. The van der Waals surface area contributed by atoms with Gasteiger partial charge in [-0.15, -0.1) is 0 Å². The Balaban J connectivity index is 2.31. The van der Waals surface area contributed by atoms with Gasteiger partial charge < -0.3 is 5.11 Å². The van der Waals surface area contributed by atoms with E-state index in [9.17, 15) is 4.79 Å². The van der Waals surface area contributed by atoms with E-state index in [1.54, 1.807) is 13.0 Å². The van der Waals surface area contributed by atoms with E-state index in [4.69, 9.17) is 5.11 Å². The second-order valence-corrected chi connectivity index (χ2v) is 4.33. The highest BCUT2D eigenvalue weighted by Gasteiger charge is 2.09. The third-order valence-electron chi connectivity index (χ3n) is 2.10. The van der Waals surface area contributed by atoms with Crippen LogP contribution in [0.2, 0.25) is 0 Å². The van der Waals surface area contributed by atoms with E-state index in [1.807, 2.05) is 11.8 Å². The Hall–Kier alpha value is -0.480. The first-order valence-corrected chi connectivity index (χ1v) is 5.56. The quantitative estimate of drug-likeness (QED) is 0.693. The molecule has 1 fully saturated rings. The van der Waals surface area contributed by atoms with Gasteiger partial charge in [0.2, 0.25) is 0 Å². The van der Waals surface area contributed by atoms with Crippen LogP contribution in [0.15, 0.2) is 11.6 Å². The lowest BCUT2D eigenvalue weighted by molar-refractivity contribution is -0.132. The summed E-state index contributed by atoms with van der Waals surface area (Å²) >= 11 is 1.96. The minimum Gasteiger partial charge on any atom is -0.478 e. The smallest absolute Gasteiger partial charge is 0.330 e. The molecule has 1 aliphatic heterocycles. The lowest BCUT2D eigenvalue weighted by Gasteiger charge is -2.24. The van der Waals surface area contributed by atoms with Crippen molar-refractivity contribution in [2.24, 2.45) is 0 Å². The van der Waals surface area contributed by atoms with Gasteiger partial charge in [-0.25, -0.2) is 4.79 Å². The van der Waals surface area contributed by atoms with E-state index >= 15 is 0 Å². The summed E-state index contributed by atoms with van der Waals surface area (Å²) in [6.07, 6.45) is 1.79. The molecule has 1 rings (SSSR count). The number of rotatable bonds is 3. The van der Waals surface area contributed by atoms with Gasteiger partial charge in [0.15, 0.2) is 0 Å². The van der Waals surface area contributed by atoms with Gasteiger partial charge in [-0.1, -0.05) is 6.08 Å². The van der Waals surface area contributed by atoms with Gasteiger partial charge in [-0.3, -0.25) is 4.90 Å². The van der Waals surface area contributed by atoms with Crippen molar-refractivity contribution >= 4 is 17.7 Å². The number of nitrogens with zero attached hydrogens (tertiary/aromatic N) is 1. The minimum absolute atomic E-state index is 0.443. The van der Waals surface area contributed by atoms with Crippen molar-refractivity contribution in [3.05, 3.63) is 11.6 Å². The van der Waals surface area contributed by atoms with Crippen LogP contribution >= 0.6 is 11.8 Å². The predicted octanol–water partition coefficient (Wildman–Crippen LogP) is 1.07. The van der Waals surface area contributed by atoms with Crippen molar-refractivity contribution in [1.82, 2.24) is 4.90 Å². The zero-order chi connectivity index (χ0) is 9.68. The maximum Gasteiger partial charge on any atom is 0.330 e. The van der Waals surface area contributed by atoms with E-state index in [0.717, 1.165) is 19.6 Å². The first kappa shape index (κ1) is 10.6. The average molecular weight is 201 g/mol. The van der Waals surface area contributed by atoms with Gasteiger partial charge in [0.05, 0.1) is 0 Å². The molecule has 0 saturated carbocycles. The molecule has 4 heteroatoms. The molecule has 1 N–H and O–H groups in total. The molecule has 0 spiro atoms. The largest absolute Gasteiger partial charge is 0.478 e. The highest BCUT2D eigenvalue weighted by Crippen LogP contribution is 2.08. The van der Waals surface area contributed by atoms with Gasteiger partial charge >= 0.3 is 5.97 Å². The summed E-state index contributed by atoms with van der Waals surface area (Å²) in [5.41, 5.74) is 0.443. The summed E-state index contributed by atoms with van der Waals surface area (Å²) in [5.74, 6) is 1.52.